The van der Waals surface area contributed by atoms with Gasteiger partial charge in [0, 0.05) is 19.0 Å². The molecule has 0 spiro atoms. The summed E-state index contributed by atoms with van der Waals surface area (Å²) in [6.45, 7) is 5.57. The zero-order valence-corrected chi connectivity index (χ0v) is 16.5. The monoisotopic (exact) mass is 422 g/mol. The van der Waals surface area contributed by atoms with Crippen LogP contribution in [0.3, 0.4) is 0 Å². The van der Waals surface area contributed by atoms with Gasteiger partial charge in [0.1, 0.15) is 5.76 Å². The number of furan rings is 1. The van der Waals surface area contributed by atoms with Gasteiger partial charge in [-0.15, -0.1) is 0 Å². The van der Waals surface area contributed by atoms with E-state index in [1.54, 1.807) is 17.2 Å². The highest BCUT2D eigenvalue weighted by atomic mass is 79.9. The molecule has 0 saturated carbocycles. The van der Waals surface area contributed by atoms with Gasteiger partial charge >= 0.3 is 0 Å². The maximum Gasteiger partial charge on any atom is 0.275 e. The second-order valence-electron chi connectivity index (χ2n) is 6.82. The highest BCUT2D eigenvalue weighted by Gasteiger charge is 2.30. The first-order chi connectivity index (χ1) is 12.5. The van der Waals surface area contributed by atoms with Gasteiger partial charge in [0.15, 0.2) is 5.69 Å². The lowest BCUT2D eigenvalue weighted by Gasteiger charge is -2.31. The van der Waals surface area contributed by atoms with E-state index < -0.39 is 0 Å². The summed E-state index contributed by atoms with van der Waals surface area (Å²) >= 11 is 3.48. The molecule has 0 unspecified atom stereocenters. The molecule has 1 aliphatic rings. The van der Waals surface area contributed by atoms with Crippen LogP contribution < -0.4 is 5.32 Å². The number of piperidine rings is 1. The van der Waals surface area contributed by atoms with E-state index in [1.807, 2.05) is 19.9 Å². The van der Waals surface area contributed by atoms with E-state index in [1.165, 1.54) is 0 Å². The van der Waals surface area contributed by atoms with Gasteiger partial charge in [0.05, 0.1) is 23.0 Å². The molecule has 0 aromatic carbocycles. The molecule has 1 aliphatic heterocycles. The summed E-state index contributed by atoms with van der Waals surface area (Å²) < 4.78 is 5.95. The smallest absolute Gasteiger partial charge is 0.275 e. The van der Waals surface area contributed by atoms with Crippen LogP contribution >= 0.6 is 15.9 Å². The van der Waals surface area contributed by atoms with Crippen molar-refractivity contribution >= 4 is 27.7 Å². The minimum absolute atomic E-state index is 0.0107. The second-order valence-corrected chi connectivity index (χ2v) is 7.61. The Morgan fingerprint density at radius 1 is 1.42 bits per heavy atom. The van der Waals surface area contributed by atoms with Gasteiger partial charge in [-0.2, -0.15) is 5.10 Å². The molecule has 1 fully saturated rings. The van der Waals surface area contributed by atoms with E-state index in [0.717, 1.165) is 15.9 Å². The number of hydrogen-bond donors (Lipinski definition) is 2. The van der Waals surface area contributed by atoms with Gasteiger partial charge in [-0.05, 0) is 46.8 Å². The van der Waals surface area contributed by atoms with Crippen LogP contribution in [-0.2, 0) is 11.3 Å². The minimum atomic E-state index is -0.102. The van der Waals surface area contributed by atoms with Crippen molar-refractivity contribution in [1.82, 2.24) is 20.4 Å². The van der Waals surface area contributed by atoms with Crippen molar-refractivity contribution in [2.24, 2.45) is 5.92 Å². The van der Waals surface area contributed by atoms with Gasteiger partial charge in [-0.1, -0.05) is 13.8 Å². The number of carbonyl (C=O) groups is 2. The Morgan fingerprint density at radius 2 is 2.15 bits per heavy atom. The fraction of sp³-hybridized carbons (Fsp3) is 0.500. The molecule has 3 rings (SSSR count). The Hall–Kier alpha value is -2.09. The van der Waals surface area contributed by atoms with E-state index in [9.17, 15) is 9.59 Å². The summed E-state index contributed by atoms with van der Waals surface area (Å²) in [7, 11) is 0. The van der Waals surface area contributed by atoms with Crippen LogP contribution in [0.2, 0.25) is 0 Å². The Bertz CT molecular complexity index is 762. The fourth-order valence-corrected chi connectivity index (χ4v) is 3.90. The van der Waals surface area contributed by atoms with E-state index in [2.05, 4.69) is 31.4 Å². The third-order valence-corrected chi connectivity index (χ3v) is 5.49. The quantitative estimate of drug-likeness (QED) is 0.774. The minimum Gasteiger partial charge on any atom is -0.467 e. The first kappa shape index (κ1) is 18.7. The molecule has 26 heavy (non-hydrogen) atoms. The number of amides is 2. The highest BCUT2D eigenvalue weighted by molar-refractivity contribution is 9.10. The molecule has 3 heterocycles. The molecule has 7 nitrogen and oxygen atoms in total. The number of rotatable bonds is 5. The lowest BCUT2D eigenvalue weighted by Crippen LogP contribution is -2.43. The third-order valence-electron chi connectivity index (χ3n) is 4.68. The fourth-order valence-electron chi connectivity index (χ4n) is 3.09. The SMILES string of the molecule is CC(C)c1[nH]nc(C(=O)N2CCC(C(=O)NCc3ccco3)CC2)c1Br. The van der Waals surface area contributed by atoms with Crippen molar-refractivity contribution in [1.29, 1.82) is 0 Å². The van der Waals surface area contributed by atoms with Crippen molar-refractivity contribution in [2.45, 2.75) is 39.2 Å². The molecule has 2 amide bonds. The average molecular weight is 423 g/mol. The molecule has 2 aromatic heterocycles. The zero-order chi connectivity index (χ0) is 18.7. The van der Waals surface area contributed by atoms with Crippen LogP contribution in [0.5, 0.6) is 0 Å². The predicted octanol–water partition coefficient (Wildman–Crippen LogP) is 3.06. The Labute approximate surface area is 160 Å². The summed E-state index contributed by atoms with van der Waals surface area (Å²) in [6.07, 6.45) is 2.88. The molecule has 0 atom stereocenters. The van der Waals surface area contributed by atoms with Gasteiger partial charge in [0.2, 0.25) is 5.91 Å². The van der Waals surface area contributed by atoms with Crippen LogP contribution in [-0.4, -0.2) is 40.0 Å². The van der Waals surface area contributed by atoms with Crippen molar-refractivity contribution < 1.29 is 14.0 Å². The summed E-state index contributed by atoms with van der Waals surface area (Å²) in [5, 5.41) is 10.00. The van der Waals surface area contributed by atoms with E-state index >= 15 is 0 Å². The maximum atomic E-state index is 12.7. The summed E-state index contributed by atoms with van der Waals surface area (Å²) in [5.41, 5.74) is 1.33. The average Bonchev–Trinajstić information content (AvgIpc) is 3.28. The molecule has 140 valence electrons. The van der Waals surface area contributed by atoms with Crippen LogP contribution in [0.25, 0.3) is 0 Å². The Balaban J connectivity index is 1.53. The molecule has 0 bridgehead atoms. The van der Waals surface area contributed by atoms with Crippen molar-refractivity contribution in [3.8, 4) is 0 Å². The summed E-state index contributed by atoms with van der Waals surface area (Å²) in [4.78, 5) is 26.8. The molecule has 2 aromatic rings. The maximum absolute atomic E-state index is 12.7. The van der Waals surface area contributed by atoms with Gasteiger partial charge in [-0.3, -0.25) is 14.7 Å². The Morgan fingerprint density at radius 3 is 2.73 bits per heavy atom. The van der Waals surface area contributed by atoms with Crippen molar-refractivity contribution in [3.05, 3.63) is 40.0 Å². The predicted molar refractivity (Wildman–Crippen MR) is 99.6 cm³/mol. The number of likely N-dealkylation sites (tertiary alicyclic amines) is 1. The number of hydrogen-bond acceptors (Lipinski definition) is 4. The number of carbonyl (C=O) groups excluding carboxylic acids is 2. The molecule has 0 aliphatic carbocycles. The van der Waals surface area contributed by atoms with Crippen molar-refractivity contribution in [2.75, 3.05) is 13.1 Å². The number of nitrogens with one attached hydrogen (secondary N) is 2. The number of aromatic nitrogens is 2. The molecule has 2 N–H and O–H groups in total. The number of halogens is 1. The van der Waals surface area contributed by atoms with Gasteiger partial charge in [-0.25, -0.2) is 0 Å². The first-order valence-electron chi connectivity index (χ1n) is 8.80. The van der Waals surface area contributed by atoms with E-state index in [0.29, 0.717) is 38.2 Å². The zero-order valence-electron chi connectivity index (χ0n) is 14.9. The molecular formula is C18H23BrN4O3. The number of nitrogens with zero attached hydrogens (tertiary/aromatic N) is 2. The third kappa shape index (κ3) is 4.00. The molecule has 8 heteroatoms. The molecular weight excluding hydrogens is 400 g/mol. The standard InChI is InChI=1S/C18H23BrN4O3/c1-11(2)15-14(19)16(22-21-15)18(25)23-7-5-12(6-8-23)17(24)20-10-13-4-3-9-26-13/h3-4,9,11-12H,5-8,10H2,1-2H3,(H,20,24)(H,21,22). The summed E-state index contributed by atoms with van der Waals surface area (Å²) in [5.74, 6) is 0.811. The largest absolute Gasteiger partial charge is 0.467 e. The van der Waals surface area contributed by atoms with Crippen LogP contribution in [0.4, 0.5) is 0 Å². The highest BCUT2D eigenvalue weighted by Crippen LogP contribution is 2.27. The summed E-state index contributed by atoms with van der Waals surface area (Å²) in [6, 6.07) is 3.62. The second kappa shape index (κ2) is 8.07. The van der Waals surface area contributed by atoms with Crippen molar-refractivity contribution in [3.63, 3.8) is 0 Å². The normalized spacial score (nSPS) is 15.5. The van der Waals surface area contributed by atoms with Gasteiger partial charge < -0.3 is 14.6 Å². The number of aromatic amines is 1. The van der Waals surface area contributed by atoms with Crippen LogP contribution in [0.15, 0.2) is 27.3 Å². The number of H-pyrrole nitrogens is 1. The van der Waals surface area contributed by atoms with Crippen LogP contribution in [0.1, 0.15) is 54.5 Å². The topological polar surface area (TPSA) is 91.2 Å². The Kier molecular flexibility index (Phi) is 5.80. The lowest BCUT2D eigenvalue weighted by molar-refractivity contribution is -0.126. The van der Waals surface area contributed by atoms with E-state index in [4.69, 9.17) is 4.42 Å². The molecule has 0 radical (unpaired) electrons. The van der Waals surface area contributed by atoms with Crippen LogP contribution in [0, 0.1) is 5.92 Å². The molecule has 1 saturated heterocycles. The van der Waals surface area contributed by atoms with Gasteiger partial charge in [0.25, 0.3) is 5.91 Å². The van der Waals surface area contributed by atoms with E-state index in [-0.39, 0.29) is 23.7 Å². The first-order valence-corrected chi connectivity index (χ1v) is 9.59. The lowest BCUT2D eigenvalue weighted by atomic mass is 9.95.